The van der Waals surface area contributed by atoms with Gasteiger partial charge in [0.2, 0.25) is 0 Å². The van der Waals surface area contributed by atoms with Gasteiger partial charge >= 0.3 is 0 Å². The van der Waals surface area contributed by atoms with E-state index in [4.69, 9.17) is 9.47 Å². The topological polar surface area (TPSA) is 55.8 Å². The Balaban J connectivity index is 2.07. The Hall–Kier alpha value is -2.31. The minimum atomic E-state index is -3.68. The third kappa shape index (κ3) is 3.70. The van der Waals surface area contributed by atoms with E-state index in [0.717, 1.165) is 11.1 Å². The van der Waals surface area contributed by atoms with Crippen LogP contribution in [0.25, 0.3) is 0 Å². The van der Waals surface area contributed by atoms with Crippen molar-refractivity contribution in [3.05, 3.63) is 71.5 Å². The normalized spacial score (nSPS) is 16.9. The van der Waals surface area contributed by atoms with E-state index in [1.54, 1.807) is 43.5 Å². The molecule has 1 aliphatic rings. The molecule has 2 aromatic rings. The Morgan fingerprint density at radius 1 is 1.12 bits per heavy atom. The van der Waals surface area contributed by atoms with Gasteiger partial charge in [0.15, 0.2) is 0 Å². The first kappa shape index (κ1) is 17.5. The summed E-state index contributed by atoms with van der Waals surface area (Å²) in [5.41, 5.74) is 2.47. The fourth-order valence-corrected chi connectivity index (χ4v) is 4.14. The third-order valence-electron chi connectivity index (χ3n) is 4.05. The van der Waals surface area contributed by atoms with Crippen molar-refractivity contribution in [1.29, 1.82) is 0 Å². The Morgan fingerprint density at radius 3 is 2.56 bits per heavy atom. The lowest BCUT2D eigenvalue weighted by Crippen LogP contribution is -2.33. The Bertz CT molecular complexity index is 873. The number of hydrogen-bond donors (Lipinski definition) is 0. The number of rotatable bonds is 4. The van der Waals surface area contributed by atoms with Gasteiger partial charge in [-0.3, -0.25) is 4.31 Å². The summed E-state index contributed by atoms with van der Waals surface area (Å²) in [6, 6.07) is 14.3. The maximum absolute atomic E-state index is 13.2. The van der Waals surface area contributed by atoms with E-state index in [1.165, 1.54) is 4.31 Å². The van der Waals surface area contributed by atoms with Crippen LogP contribution in [0, 0.1) is 6.92 Å². The van der Waals surface area contributed by atoms with Gasteiger partial charge in [0, 0.05) is 12.7 Å². The molecule has 25 heavy (non-hydrogen) atoms. The van der Waals surface area contributed by atoms with E-state index < -0.39 is 10.0 Å². The number of sulfonamides is 1. The average molecular weight is 359 g/mol. The molecule has 2 aromatic carbocycles. The van der Waals surface area contributed by atoms with Gasteiger partial charge in [0.1, 0.15) is 19.0 Å². The van der Waals surface area contributed by atoms with Crippen LogP contribution in [0.15, 0.2) is 65.3 Å². The SMILES string of the molecule is COC/C1=C/CN(S(=O)(=O)c2ccc(C)cc2)c2ccccc2CO1. The van der Waals surface area contributed by atoms with Gasteiger partial charge in [-0.25, -0.2) is 8.42 Å². The number of ether oxygens (including phenoxy) is 2. The summed E-state index contributed by atoms with van der Waals surface area (Å²) in [7, 11) is -2.10. The second kappa shape index (κ2) is 7.29. The molecule has 0 bridgehead atoms. The summed E-state index contributed by atoms with van der Waals surface area (Å²) in [5.74, 6) is 0.626. The van der Waals surface area contributed by atoms with E-state index in [0.29, 0.717) is 24.7 Å². The van der Waals surface area contributed by atoms with Crippen molar-refractivity contribution in [3.8, 4) is 0 Å². The number of anilines is 1. The van der Waals surface area contributed by atoms with Gasteiger partial charge in [-0.15, -0.1) is 0 Å². The molecule has 6 heteroatoms. The highest BCUT2D eigenvalue weighted by molar-refractivity contribution is 7.92. The van der Waals surface area contributed by atoms with Crippen molar-refractivity contribution in [2.75, 3.05) is 24.6 Å². The second-order valence-corrected chi connectivity index (χ2v) is 7.73. The van der Waals surface area contributed by atoms with Crippen LogP contribution in [-0.2, 0) is 26.1 Å². The summed E-state index contributed by atoms with van der Waals surface area (Å²) in [4.78, 5) is 0.274. The first-order valence-corrected chi connectivity index (χ1v) is 9.44. The number of para-hydroxylation sites is 1. The minimum absolute atomic E-state index is 0.186. The molecule has 0 aromatic heterocycles. The molecule has 0 unspecified atom stereocenters. The molecule has 0 amide bonds. The second-order valence-electron chi connectivity index (χ2n) is 5.87. The maximum Gasteiger partial charge on any atom is 0.264 e. The van der Waals surface area contributed by atoms with Gasteiger partial charge in [0.05, 0.1) is 17.1 Å². The number of hydrogen-bond acceptors (Lipinski definition) is 4. The number of methoxy groups -OCH3 is 1. The Labute approximate surface area is 148 Å². The first-order chi connectivity index (χ1) is 12.0. The molecule has 0 fully saturated rings. The lowest BCUT2D eigenvalue weighted by molar-refractivity contribution is 0.122. The van der Waals surface area contributed by atoms with E-state index in [1.807, 2.05) is 25.1 Å². The molecule has 0 saturated carbocycles. The van der Waals surface area contributed by atoms with E-state index in [9.17, 15) is 8.42 Å². The molecule has 5 nitrogen and oxygen atoms in total. The van der Waals surface area contributed by atoms with Crippen LogP contribution < -0.4 is 4.31 Å². The van der Waals surface area contributed by atoms with Gasteiger partial charge in [0.25, 0.3) is 10.0 Å². The van der Waals surface area contributed by atoms with Crippen LogP contribution in [0.5, 0.6) is 0 Å². The number of fused-ring (bicyclic) bond motifs is 1. The average Bonchev–Trinajstić information content (AvgIpc) is 2.58. The molecule has 0 atom stereocenters. The zero-order valence-electron chi connectivity index (χ0n) is 14.3. The summed E-state index contributed by atoms with van der Waals surface area (Å²) >= 11 is 0. The largest absolute Gasteiger partial charge is 0.491 e. The molecule has 0 aliphatic carbocycles. The van der Waals surface area contributed by atoms with Crippen molar-refractivity contribution in [3.63, 3.8) is 0 Å². The van der Waals surface area contributed by atoms with Gasteiger partial charge < -0.3 is 9.47 Å². The van der Waals surface area contributed by atoms with Crippen molar-refractivity contribution in [1.82, 2.24) is 0 Å². The molecule has 1 heterocycles. The molecule has 0 N–H and O–H groups in total. The molecule has 0 saturated heterocycles. The molecule has 1 aliphatic heterocycles. The van der Waals surface area contributed by atoms with Crippen LogP contribution in [0.3, 0.4) is 0 Å². The van der Waals surface area contributed by atoms with Crippen molar-refractivity contribution >= 4 is 15.7 Å². The highest BCUT2D eigenvalue weighted by atomic mass is 32.2. The number of benzene rings is 2. The van der Waals surface area contributed by atoms with Gasteiger partial charge in [-0.1, -0.05) is 35.9 Å². The predicted molar refractivity (Wildman–Crippen MR) is 96.9 cm³/mol. The van der Waals surface area contributed by atoms with Crippen LogP contribution >= 0.6 is 0 Å². The molecule has 0 spiro atoms. The molecular formula is C19H21NO4S. The molecular weight excluding hydrogens is 338 g/mol. The summed E-state index contributed by atoms with van der Waals surface area (Å²) in [6.45, 7) is 2.72. The maximum atomic E-state index is 13.2. The van der Waals surface area contributed by atoms with E-state index in [2.05, 4.69) is 0 Å². The van der Waals surface area contributed by atoms with Gasteiger partial charge in [-0.2, -0.15) is 0 Å². The zero-order chi connectivity index (χ0) is 17.9. The van der Waals surface area contributed by atoms with E-state index in [-0.39, 0.29) is 11.4 Å². The first-order valence-electron chi connectivity index (χ1n) is 8.00. The standard InChI is InChI=1S/C19H21NO4S/c1-15-7-9-18(10-8-15)25(21,22)20-12-11-17(14-23-2)24-13-16-5-3-4-6-19(16)20/h3-11H,12-14H2,1-2H3/b17-11-. The van der Waals surface area contributed by atoms with Crippen LogP contribution in [-0.4, -0.2) is 28.7 Å². The highest BCUT2D eigenvalue weighted by Gasteiger charge is 2.27. The van der Waals surface area contributed by atoms with Gasteiger partial charge in [-0.05, 0) is 31.2 Å². The summed E-state index contributed by atoms with van der Waals surface area (Å²) in [6.07, 6.45) is 1.76. The van der Waals surface area contributed by atoms with Crippen LogP contribution in [0.4, 0.5) is 5.69 Å². The summed E-state index contributed by atoms with van der Waals surface area (Å²) < 4.78 is 38.7. The van der Waals surface area contributed by atoms with Crippen molar-refractivity contribution in [2.24, 2.45) is 0 Å². The fraction of sp³-hybridized carbons (Fsp3) is 0.263. The number of aryl methyl sites for hydroxylation is 1. The predicted octanol–water partition coefficient (Wildman–Crippen LogP) is 3.25. The lowest BCUT2D eigenvalue weighted by atomic mass is 10.2. The monoisotopic (exact) mass is 359 g/mol. The fourth-order valence-electron chi connectivity index (χ4n) is 2.70. The lowest BCUT2D eigenvalue weighted by Gasteiger charge is -2.28. The zero-order valence-corrected chi connectivity index (χ0v) is 15.1. The van der Waals surface area contributed by atoms with Crippen molar-refractivity contribution < 1.29 is 17.9 Å². The quantitative estimate of drug-likeness (QED) is 0.841. The van der Waals surface area contributed by atoms with Crippen molar-refractivity contribution in [2.45, 2.75) is 18.4 Å². The van der Waals surface area contributed by atoms with Crippen LogP contribution in [0.2, 0.25) is 0 Å². The molecule has 3 rings (SSSR count). The van der Waals surface area contributed by atoms with Crippen LogP contribution in [0.1, 0.15) is 11.1 Å². The third-order valence-corrected chi connectivity index (χ3v) is 5.85. The van der Waals surface area contributed by atoms with E-state index >= 15 is 0 Å². The number of nitrogens with zero attached hydrogens (tertiary/aromatic N) is 1. The summed E-state index contributed by atoms with van der Waals surface area (Å²) in [5, 5.41) is 0. The smallest absolute Gasteiger partial charge is 0.264 e. The highest BCUT2D eigenvalue weighted by Crippen LogP contribution is 2.29. The Morgan fingerprint density at radius 2 is 1.84 bits per heavy atom. The molecule has 132 valence electrons. The Kier molecular flexibility index (Phi) is 5.11. The molecule has 0 radical (unpaired) electrons. The minimum Gasteiger partial charge on any atom is -0.491 e.